The molecule has 0 saturated carbocycles. The average molecular weight is 162 g/mol. The van der Waals surface area contributed by atoms with Gasteiger partial charge in [0.1, 0.15) is 0 Å². The summed E-state index contributed by atoms with van der Waals surface area (Å²) in [6, 6.07) is 1.16. The lowest BCUT2D eigenvalue weighted by atomic mass is 10.4. The monoisotopic (exact) mass is 161 g/mol. The second kappa shape index (κ2) is 2.81. The maximum absolute atomic E-state index is 12.5. The number of rotatable bonds is 1. The van der Waals surface area contributed by atoms with Gasteiger partial charge in [-0.05, 0) is 0 Å². The van der Waals surface area contributed by atoms with E-state index in [2.05, 4.69) is 10.4 Å². The zero-order valence-corrected chi connectivity index (χ0v) is 5.69. The second-order valence-corrected chi connectivity index (χ2v) is 2.00. The molecule has 0 amide bonds. The Kier molecular flexibility index (Phi) is 2.03. The molecular weight excluding hydrogens is 157 g/mol. The van der Waals surface area contributed by atoms with E-state index in [1.807, 2.05) is 0 Å². The van der Waals surface area contributed by atoms with Crippen LogP contribution in [0, 0.1) is 5.82 Å². The number of pyridine rings is 1. The summed E-state index contributed by atoms with van der Waals surface area (Å²) in [5.74, 6) is 4.38. The minimum Gasteiger partial charge on any atom is -0.323 e. The summed E-state index contributed by atoms with van der Waals surface area (Å²) in [6.45, 7) is 0. The van der Waals surface area contributed by atoms with Gasteiger partial charge in [0.15, 0.2) is 11.0 Å². The lowest BCUT2D eigenvalue weighted by Gasteiger charge is -1.97. The number of aromatic nitrogens is 1. The lowest BCUT2D eigenvalue weighted by Crippen LogP contribution is -2.07. The van der Waals surface area contributed by atoms with Crippen molar-refractivity contribution in [3.05, 3.63) is 23.2 Å². The topological polar surface area (TPSA) is 50.9 Å². The molecule has 3 N–H and O–H groups in total. The van der Waals surface area contributed by atoms with Crippen molar-refractivity contribution in [2.75, 3.05) is 5.43 Å². The smallest absolute Gasteiger partial charge is 0.164 e. The lowest BCUT2D eigenvalue weighted by molar-refractivity contribution is 0.622. The maximum atomic E-state index is 12.5. The highest BCUT2D eigenvalue weighted by Crippen LogP contribution is 2.13. The van der Waals surface area contributed by atoms with Crippen LogP contribution >= 0.6 is 11.6 Å². The Balaban J connectivity index is 3.04. The Morgan fingerprint density at radius 2 is 2.40 bits per heavy atom. The molecule has 0 radical (unpaired) electrons. The van der Waals surface area contributed by atoms with Crippen LogP contribution < -0.4 is 11.3 Å². The summed E-state index contributed by atoms with van der Waals surface area (Å²) in [5.41, 5.74) is 2.62. The molecule has 0 aromatic carbocycles. The Morgan fingerprint density at radius 3 is 2.90 bits per heavy atom. The highest BCUT2D eigenvalue weighted by molar-refractivity contribution is 6.29. The molecular formula is C5H5ClFN3. The van der Waals surface area contributed by atoms with E-state index in [0.717, 1.165) is 6.07 Å². The molecule has 0 aliphatic rings. The van der Waals surface area contributed by atoms with Crippen molar-refractivity contribution >= 4 is 17.3 Å². The Morgan fingerprint density at radius 1 is 1.70 bits per heavy atom. The number of nitrogens with zero attached hydrogens (tertiary/aromatic N) is 1. The van der Waals surface area contributed by atoms with E-state index in [1.54, 1.807) is 0 Å². The molecule has 5 heteroatoms. The third kappa shape index (κ3) is 1.34. The summed E-state index contributed by atoms with van der Waals surface area (Å²) in [5, 5.41) is -0.154. The number of anilines is 1. The van der Waals surface area contributed by atoms with Crippen molar-refractivity contribution in [2.24, 2.45) is 5.84 Å². The molecule has 0 saturated heterocycles. The van der Waals surface area contributed by atoms with E-state index >= 15 is 0 Å². The molecule has 0 aliphatic heterocycles. The molecule has 0 bridgehead atoms. The molecule has 0 atom stereocenters. The van der Waals surface area contributed by atoms with Crippen molar-refractivity contribution in [3.63, 3.8) is 0 Å². The summed E-state index contributed by atoms with van der Waals surface area (Å²) < 4.78 is 12.5. The van der Waals surface area contributed by atoms with Crippen molar-refractivity contribution in [2.45, 2.75) is 0 Å². The third-order valence-corrected chi connectivity index (χ3v) is 1.24. The molecule has 10 heavy (non-hydrogen) atoms. The van der Waals surface area contributed by atoms with Gasteiger partial charge in [0.2, 0.25) is 0 Å². The van der Waals surface area contributed by atoms with E-state index in [9.17, 15) is 4.39 Å². The third-order valence-electron chi connectivity index (χ3n) is 0.963. The fraction of sp³-hybridized carbons (Fsp3) is 0. The van der Waals surface area contributed by atoms with Crippen LogP contribution in [0.2, 0.25) is 5.15 Å². The molecule has 0 aliphatic carbocycles. The maximum Gasteiger partial charge on any atom is 0.164 e. The molecule has 1 heterocycles. The minimum atomic E-state index is -0.586. The van der Waals surface area contributed by atoms with Crippen LogP contribution in [0.15, 0.2) is 12.3 Å². The zero-order chi connectivity index (χ0) is 7.56. The van der Waals surface area contributed by atoms with E-state index in [4.69, 9.17) is 17.4 Å². The first-order valence-electron chi connectivity index (χ1n) is 2.51. The van der Waals surface area contributed by atoms with Gasteiger partial charge in [-0.3, -0.25) is 5.84 Å². The zero-order valence-electron chi connectivity index (χ0n) is 4.94. The number of hydrogen-bond acceptors (Lipinski definition) is 3. The number of nitrogens with one attached hydrogen (secondary N) is 1. The highest BCUT2D eigenvalue weighted by atomic mass is 35.5. The molecule has 54 valence electrons. The summed E-state index contributed by atoms with van der Waals surface area (Å²) in [7, 11) is 0. The van der Waals surface area contributed by atoms with Crippen molar-refractivity contribution < 1.29 is 4.39 Å². The molecule has 1 aromatic heterocycles. The molecule has 0 unspecified atom stereocenters. The summed E-state index contributed by atoms with van der Waals surface area (Å²) in [4.78, 5) is 3.50. The van der Waals surface area contributed by atoms with Crippen molar-refractivity contribution in [1.29, 1.82) is 0 Å². The van der Waals surface area contributed by atoms with Crippen LogP contribution in [0.25, 0.3) is 0 Å². The number of hydrogen-bond donors (Lipinski definition) is 2. The fourth-order valence-corrected chi connectivity index (χ4v) is 0.604. The second-order valence-electron chi connectivity index (χ2n) is 1.64. The largest absolute Gasteiger partial charge is 0.323 e. The quantitative estimate of drug-likeness (QED) is 0.369. The van der Waals surface area contributed by atoms with Gasteiger partial charge >= 0.3 is 0 Å². The van der Waals surface area contributed by atoms with Crippen LogP contribution in [0.5, 0.6) is 0 Å². The van der Waals surface area contributed by atoms with Gasteiger partial charge in [-0.2, -0.15) is 0 Å². The Hall–Kier alpha value is -0.870. The Bertz CT molecular complexity index is 240. The molecule has 1 aromatic rings. The minimum absolute atomic E-state index is 0.154. The number of hydrazine groups is 1. The van der Waals surface area contributed by atoms with Gasteiger partial charge < -0.3 is 5.43 Å². The highest BCUT2D eigenvalue weighted by Gasteiger charge is 1.99. The van der Waals surface area contributed by atoms with Gasteiger partial charge in [-0.15, -0.1) is 0 Å². The van der Waals surface area contributed by atoms with Gasteiger partial charge in [0, 0.05) is 6.07 Å². The van der Waals surface area contributed by atoms with Gasteiger partial charge in [-0.25, -0.2) is 9.37 Å². The first kappa shape index (κ1) is 7.24. The standard InChI is InChI=1S/C5H5ClFN3/c6-5-4(7)1-3(10-8)2-9-5/h1-2,10H,8H2. The van der Waals surface area contributed by atoms with Gasteiger partial charge in [-0.1, -0.05) is 11.6 Å². The molecule has 1 rings (SSSR count). The van der Waals surface area contributed by atoms with Crippen LogP contribution in [-0.4, -0.2) is 4.98 Å². The van der Waals surface area contributed by atoms with Crippen LogP contribution in [0.1, 0.15) is 0 Å². The molecule has 3 nitrogen and oxygen atoms in total. The first-order chi connectivity index (χ1) is 4.74. The van der Waals surface area contributed by atoms with Crippen molar-refractivity contribution in [3.8, 4) is 0 Å². The number of nitrogen functional groups attached to an aromatic ring is 1. The van der Waals surface area contributed by atoms with Crippen LogP contribution in [0.4, 0.5) is 10.1 Å². The Labute approximate surface area is 62.0 Å². The van der Waals surface area contributed by atoms with Gasteiger partial charge in [0.05, 0.1) is 11.9 Å². The fourth-order valence-electron chi connectivity index (χ4n) is 0.500. The van der Waals surface area contributed by atoms with E-state index in [-0.39, 0.29) is 5.15 Å². The average Bonchev–Trinajstić information content (AvgIpc) is 1.95. The van der Waals surface area contributed by atoms with Crippen molar-refractivity contribution in [1.82, 2.24) is 4.98 Å². The SMILES string of the molecule is NNc1cnc(Cl)c(F)c1. The first-order valence-corrected chi connectivity index (χ1v) is 2.89. The van der Waals surface area contributed by atoms with E-state index in [0.29, 0.717) is 5.69 Å². The van der Waals surface area contributed by atoms with E-state index in [1.165, 1.54) is 6.20 Å². The van der Waals surface area contributed by atoms with Crippen LogP contribution in [-0.2, 0) is 0 Å². The molecule has 0 fully saturated rings. The summed E-state index contributed by atoms with van der Waals surface area (Å²) >= 11 is 5.28. The van der Waals surface area contributed by atoms with Gasteiger partial charge in [0.25, 0.3) is 0 Å². The number of halogens is 2. The predicted molar refractivity (Wildman–Crippen MR) is 37.0 cm³/mol. The molecule has 0 spiro atoms. The normalized spacial score (nSPS) is 9.50. The predicted octanol–water partition coefficient (Wildman–Crippen LogP) is 1.16. The number of nitrogens with two attached hydrogens (primary N) is 1. The van der Waals surface area contributed by atoms with Crippen LogP contribution in [0.3, 0.4) is 0 Å². The van der Waals surface area contributed by atoms with E-state index < -0.39 is 5.82 Å². The summed E-state index contributed by atoms with van der Waals surface area (Å²) in [6.07, 6.45) is 1.34.